The van der Waals surface area contributed by atoms with Crippen molar-refractivity contribution < 1.29 is 9.52 Å². The summed E-state index contributed by atoms with van der Waals surface area (Å²) in [4.78, 5) is 14.0. The predicted molar refractivity (Wildman–Crippen MR) is 91.8 cm³/mol. The first kappa shape index (κ1) is 16.1. The minimum absolute atomic E-state index is 0.254. The molecule has 0 aliphatic carbocycles. The maximum Gasteiger partial charge on any atom is 0.223 e. The molecule has 0 amide bonds. The number of pyridine rings is 1. The Bertz CT molecular complexity index is 839. The lowest BCUT2D eigenvalue weighted by molar-refractivity contribution is 0.307. The Morgan fingerprint density at radius 2 is 1.92 bits per heavy atom. The van der Waals surface area contributed by atoms with Crippen LogP contribution >= 0.6 is 0 Å². The summed E-state index contributed by atoms with van der Waals surface area (Å²) >= 11 is 0. The van der Waals surface area contributed by atoms with Gasteiger partial charge in [-0.25, -0.2) is 0 Å². The number of hydrogen-bond donors (Lipinski definition) is 1. The van der Waals surface area contributed by atoms with Gasteiger partial charge in [0.05, 0.1) is 19.0 Å². The highest BCUT2D eigenvalue weighted by Gasteiger charge is 2.10. The van der Waals surface area contributed by atoms with Crippen molar-refractivity contribution in [1.82, 2.24) is 9.47 Å². The van der Waals surface area contributed by atoms with Gasteiger partial charge in [0.1, 0.15) is 5.76 Å². The Kier molecular flexibility index (Phi) is 4.82. The first-order valence-electron chi connectivity index (χ1n) is 7.79. The van der Waals surface area contributed by atoms with Crippen molar-refractivity contribution in [2.75, 3.05) is 7.05 Å². The van der Waals surface area contributed by atoms with Crippen molar-refractivity contribution in [3.8, 4) is 5.75 Å². The van der Waals surface area contributed by atoms with Gasteiger partial charge in [-0.2, -0.15) is 0 Å². The van der Waals surface area contributed by atoms with Crippen LogP contribution in [0.5, 0.6) is 5.75 Å². The Morgan fingerprint density at radius 1 is 1.12 bits per heavy atom. The van der Waals surface area contributed by atoms with Crippen LogP contribution in [0.3, 0.4) is 0 Å². The fourth-order valence-electron chi connectivity index (χ4n) is 2.68. The molecule has 0 bridgehead atoms. The number of aromatic nitrogens is 1. The van der Waals surface area contributed by atoms with Crippen LogP contribution in [0.4, 0.5) is 0 Å². The van der Waals surface area contributed by atoms with Crippen molar-refractivity contribution in [3.63, 3.8) is 0 Å². The van der Waals surface area contributed by atoms with Crippen molar-refractivity contribution in [2.24, 2.45) is 0 Å². The third-order valence-electron chi connectivity index (χ3n) is 3.83. The summed E-state index contributed by atoms with van der Waals surface area (Å²) < 4.78 is 7.21. The molecule has 5 nitrogen and oxygen atoms in total. The topological polar surface area (TPSA) is 58.6 Å². The lowest BCUT2D eigenvalue weighted by atomic mass is 10.2. The van der Waals surface area contributed by atoms with E-state index in [4.69, 9.17) is 4.42 Å². The number of nitrogens with zero attached hydrogens (tertiary/aromatic N) is 2. The van der Waals surface area contributed by atoms with Gasteiger partial charge in [-0.1, -0.05) is 30.3 Å². The van der Waals surface area contributed by atoms with Crippen molar-refractivity contribution in [3.05, 3.63) is 88.2 Å². The van der Waals surface area contributed by atoms with E-state index in [0.29, 0.717) is 13.1 Å². The minimum Gasteiger partial charge on any atom is -0.503 e. The van der Waals surface area contributed by atoms with Gasteiger partial charge in [-0.05, 0) is 24.7 Å². The lowest BCUT2D eigenvalue weighted by Gasteiger charge is -2.20. The molecule has 24 heavy (non-hydrogen) atoms. The first-order chi connectivity index (χ1) is 11.6. The van der Waals surface area contributed by atoms with Crippen molar-refractivity contribution in [1.29, 1.82) is 0 Å². The van der Waals surface area contributed by atoms with Gasteiger partial charge >= 0.3 is 0 Å². The Balaban J connectivity index is 1.80. The van der Waals surface area contributed by atoms with Gasteiger partial charge in [-0.15, -0.1) is 0 Å². The second-order valence-corrected chi connectivity index (χ2v) is 5.88. The van der Waals surface area contributed by atoms with Crippen LogP contribution in [0.15, 0.2) is 70.2 Å². The average Bonchev–Trinajstić information content (AvgIpc) is 3.06. The molecule has 5 heteroatoms. The highest BCUT2D eigenvalue weighted by molar-refractivity contribution is 5.22. The van der Waals surface area contributed by atoms with Crippen LogP contribution in [-0.4, -0.2) is 21.6 Å². The predicted octanol–water partition coefficient (Wildman–Crippen LogP) is 2.83. The third-order valence-corrected chi connectivity index (χ3v) is 3.83. The van der Waals surface area contributed by atoms with E-state index < -0.39 is 0 Å². The van der Waals surface area contributed by atoms with E-state index in [1.165, 1.54) is 17.8 Å². The Morgan fingerprint density at radius 3 is 2.62 bits per heavy atom. The van der Waals surface area contributed by atoms with Crippen LogP contribution in [0, 0.1) is 0 Å². The average molecular weight is 324 g/mol. The Labute approximate surface area is 140 Å². The minimum atomic E-state index is -0.367. The van der Waals surface area contributed by atoms with Gasteiger partial charge in [-0.3, -0.25) is 9.69 Å². The molecule has 0 aliphatic heterocycles. The summed E-state index contributed by atoms with van der Waals surface area (Å²) in [5.41, 5.74) is 1.67. The largest absolute Gasteiger partial charge is 0.503 e. The normalized spacial score (nSPS) is 11.1. The third kappa shape index (κ3) is 3.94. The van der Waals surface area contributed by atoms with E-state index in [0.717, 1.165) is 18.0 Å². The zero-order chi connectivity index (χ0) is 16.9. The maximum absolute atomic E-state index is 11.8. The molecule has 2 heterocycles. The molecule has 0 spiro atoms. The second kappa shape index (κ2) is 7.19. The smallest absolute Gasteiger partial charge is 0.223 e. The molecule has 0 saturated carbocycles. The summed E-state index contributed by atoms with van der Waals surface area (Å²) in [6, 6.07) is 15.3. The first-order valence-corrected chi connectivity index (χ1v) is 7.79. The van der Waals surface area contributed by atoms with E-state index in [-0.39, 0.29) is 11.2 Å². The fourth-order valence-corrected chi connectivity index (χ4v) is 2.68. The zero-order valence-electron chi connectivity index (χ0n) is 13.6. The highest BCUT2D eigenvalue weighted by Crippen LogP contribution is 2.13. The molecule has 0 radical (unpaired) electrons. The summed E-state index contributed by atoms with van der Waals surface area (Å²) in [5, 5.41) is 9.74. The van der Waals surface area contributed by atoms with Crippen LogP contribution in [0.2, 0.25) is 0 Å². The van der Waals surface area contributed by atoms with Gasteiger partial charge in [0.25, 0.3) is 0 Å². The molecular weight excluding hydrogens is 304 g/mol. The molecule has 124 valence electrons. The molecule has 3 rings (SSSR count). The summed E-state index contributed by atoms with van der Waals surface area (Å²) in [7, 11) is 2.00. The molecule has 1 N–H and O–H groups in total. The highest BCUT2D eigenvalue weighted by atomic mass is 16.3. The molecule has 0 saturated heterocycles. The molecule has 0 fully saturated rings. The number of benzene rings is 1. The molecular formula is C19H20N2O3. The van der Waals surface area contributed by atoms with E-state index in [1.54, 1.807) is 6.26 Å². The zero-order valence-corrected chi connectivity index (χ0v) is 13.6. The number of rotatable bonds is 6. The standard InChI is InChI=1S/C19H20N2O3/c1-20(11-15-6-3-2-4-7-15)12-16-10-18(22)19(23)14-21(16)13-17-8-5-9-24-17/h2-10,14,23H,11-13H2,1H3. The van der Waals surface area contributed by atoms with Gasteiger partial charge in [0.15, 0.2) is 5.75 Å². The maximum atomic E-state index is 11.8. The van der Waals surface area contributed by atoms with E-state index in [2.05, 4.69) is 17.0 Å². The van der Waals surface area contributed by atoms with E-state index >= 15 is 0 Å². The van der Waals surface area contributed by atoms with Crippen LogP contribution in [0.25, 0.3) is 0 Å². The fraction of sp³-hybridized carbons (Fsp3) is 0.211. The van der Waals surface area contributed by atoms with Crippen molar-refractivity contribution in [2.45, 2.75) is 19.6 Å². The summed E-state index contributed by atoms with van der Waals surface area (Å²) in [5.74, 6) is 0.515. The molecule has 3 aromatic rings. The molecule has 1 aromatic carbocycles. The number of hydrogen-bond acceptors (Lipinski definition) is 4. The summed E-state index contributed by atoms with van der Waals surface area (Å²) in [6.07, 6.45) is 3.08. The van der Waals surface area contributed by atoms with Crippen molar-refractivity contribution >= 4 is 0 Å². The van der Waals surface area contributed by atoms with E-state index in [9.17, 15) is 9.90 Å². The number of furan rings is 1. The van der Waals surface area contributed by atoms with Gasteiger partial charge in [0, 0.05) is 24.8 Å². The van der Waals surface area contributed by atoms with Crippen LogP contribution < -0.4 is 5.43 Å². The lowest BCUT2D eigenvalue weighted by Crippen LogP contribution is -2.22. The van der Waals surface area contributed by atoms with Crippen LogP contribution in [-0.2, 0) is 19.6 Å². The quantitative estimate of drug-likeness (QED) is 0.757. The molecule has 0 atom stereocenters. The Hall–Kier alpha value is -2.79. The second-order valence-electron chi connectivity index (χ2n) is 5.88. The van der Waals surface area contributed by atoms with E-state index in [1.807, 2.05) is 41.9 Å². The summed E-state index contributed by atoms with van der Waals surface area (Å²) in [6.45, 7) is 1.83. The monoisotopic (exact) mass is 324 g/mol. The molecule has 0 aliphatic rings. The number of aromatic hydroxyl groups is 1. The van der Waals surface area contributed by atoms with Crippen LogP contribution in [0.1, 0.15) is 17.0 Å². The molecule has 2 aromatic heterocycles. The van der Waals surface area contributed by atoms with Gasteiger partial charge in [0.2, 0.25) is 5.43 Å². The molecule has 0 unspecified atom stereocenters. The van der Waals surface area contributed by atoms with Gasteiger partial charge < -0.3 is 14.1 Å². The SMILES string of the molecule is CN(Cc1ccccc1)Cc1cc(=O)c(O)cn1Cc1ccco1.